The number of anilines is 1. The molecule has 2 atom stereocenters. The molecule has 1 aliphatic heterocycles. The third-order valence-corrected chi connectivity index (χ3v) is 5.11. The lowest BCUT2D eigenvalue weighted by atomic mass is 9.91. The second-order valence-electron chi connectivity index (χ2n) is 6.24. The van der Waals surface area contributed by atoms with Gasteiger partial charge < -0.3 is 5.32 Å². The van der Waals surface area contributed by atoms with Crippen LogP contribution in [0.25, 0.3) is 0 Å². The van der Waals surface area contributed by atoms with Crippen molar-refractivity contribution in [2.45, 2.75) is 37.8 Å². The number of aromatic nitrogens is 1. The van der Waals surface area contributed by atoms with Gasteiger partial charge in [-0.05, 0) is 43.2 Å². The molecule has 5 heteroatoms. The maximum Gasteiger partial charge on any atom is 0.252 e. The van der Waals surface area contributed by atoms with Crippen LogP contribution in [0.4, 0.5) is 5.82 Å². The maximum absolute atomic E-state index is 12.8. The van der Waals surface area contributed by atoms with E-state index in [0.29, 0.717) is 22.0 Å². The van der Waals surface area contributed by atoms with Gasteiger partial charge in [0, 0.05) is 22.7 Å². The first-order valence-corrected chi connectivity index (χ1v) is 8.35. The van der Waals surface area contributed by atoms with E-state index in [2.05, 4.69) is 5.32 Å². The number of rotatable bonds is 2. The molecule has 0 amide bonds. The number of fused-ring (bicyclic) bond motifs is 3. The van der Waals surface area contributed by atoms with Crippen molar-refractivity contribution in [3.63, 3.8) is 0 Å². The first-order chi connectivity index (χ1) is 11.1. The highest BCUT2D eigenvalue weighted by Crippen LogP contribution is 2.38. The molecule has 1 saturated carbocycles. The highest BCUT2D eigenvalue weighted by Gasteiger charge is 2.36. The fourth-order valence-electron chi connectivity index (χ4n) is 3.73. The molecule has 1 fully saturated rings. The number of benzene rings is 1. The first-order valence-electron chi connectivity index (χ1n) is 7.97. The largest absolute Gasteiger partial charge is 0.366 e. The van der Waals surface area contributed by atoms with Gasteiger partial charge in [-0.15, -0.1) is 0 Å². The quantitative estimate of drug-likeness (QED) is 0.856. The van der Waals surface area contributed by atoms with Crippen LogP contribution < -0.4 is 10.9 Å². The zero-order valence-corrected chi connectivity index (χ0v) is 13.3. The smallest absolute Gasteiger partial charge is 0.252 e. The van der Waals surface area contributed by atoms with Crippen LogP contribution >= 0.6 is 11.6 Å². The maximum atomic E-state index is 12.8. The van der Waals surface area contributed by atoms with Gasteiger partial charge in [0.25, 0.3) is 5.56 Å². The lowest BCUT2D eigenvalue weighted by Gasteiger charge is -2.25. The summed E-state index contributed by atoms with van der Waals surface area (Å²) >= 11 is 5.89. The summed E-state index contributed by atoms with van der Waals surface area (Å²) in [6.07, 6.45) is 4.32. The summed E-state index contributed by atoms with van der Waals surface area (Å²) in [5, 5.41) is 4.02. The minimum absolute atomic E-state index is 0.0328. The summed E-state index contributed by atoms with van der Waals surface area (Å²) in [6, 6.07) is 10.4. The van der Waals surface area contributed by atoms with E-state index >= 15 is 0 Å². The number of carbonyl (C=O) groups is 1. The topological polar surface area (TPSA) is 51.1 Å². The van der Waals surface area contributed by atoms with Crippen LogP contribution in [0.1, 0.15) is 47.6 Å². The number of nitrogens with one attached hydrogen (secondary N) is 1. The van der Waals surface area contributed by atoms with E-state index in [0.717, 1.165) is 25.7 Å². The molecule has 2 aliphatic rings. The average Bonchev–Trinajstić information content (AvgIpc) is 2.95. The van der Waals surface area contributed by atoms with Gasteiger partial charge in [-0.25, -0.2) is 0 Å². The lowest BCUT2D eigenvalue weighted by molar-refractivity contribution is 0.103. The minimum Gasteiger partial charge on any atom is -0.366 e. The zero-order valence-electron chi connectivity index (χ0n) is 12.6. The number of hydrogen-bond acceptors (Lipinski definition) is 3. The standard InChI is InChI=1S/C18H17ClN2O2/c19-12-7-5-11(6-8-12)17(23)13-9-10-16(22)21-15-4-2-1-3-14(15)20-18(13)21/h5-10,14-15,20H,1-4H2/t14-,15-/m0/s1. The Hall–Kier alpha value is -2.07. The molecule has 0 bridgehead atoms. The molecule has 2 aromatic rings. The third kappa shape index (κ3) is 2.38. The normalized spacial score (nSPS) is 22.1. The summed E-state index contributed by atoms with van der Waals surface area (Å²) < 4.78 is 1.78. The Morgan fingerprint density at radius 3 is 2.61 bits per heavy atom. The number of ketones is 1. The fraction of sp³-hybridized carbons (Fsp3) is 0.333. The Morgan fingerprint density at radius 1 is 1.09 bits per heavy atom. The number of hydrogen-bond donors (Lipinski definition) is 1. The first kappa shape index (κ1) is 14.5. The predicted molar refractivity (Wildman–Crippen MR) is 90.5 cm³/mol. The van der Waals surface area contributed by atoms with Crippen molar-refractivity contribution in [2.24, 2.45) is 0 Å². The lowest BCUT2D eigenvalue weighted by Crippen LogP contribution is -2.29. The van der Waals surface area contributed by atoms with Gasteiger partial charge in [-0.3, -0.25) is 14.2 Å². The summed E-state index contributed by atoms with van der Waals surface area (Å²) in [5.41, 5.74) is 1.10. The summed E-state index contributed by atoms with van der Waals surface area (Å²) in [6.45, 7) is 0. The second kappa shape index (κ2) is 5.53. The average molecular weight is 329 g/mol. The highest BCUT2D eigenvalue weighted by atomic mass is 35.5. The van der Waals surface area contributed by atoms with Crippen LogP contribution in [0.2, 0.25) is 5.02 Å². The van der Waals surface area contributed by atoms with Gasteiger partial charge >= 0.3 is 0 Å². The SMILES string of the molecule is O=C(c1ccc(Cl)cc1)c1ccc(=O)n2c1N[C@H]1CCCC[C@@H]12. The van der Waals surface area contributed by atoms with Crippen molar-refractivity contribution >= 4 is 23.2 Å². The van der Waals surface area contributed by atoms with E-state index in [9.17, 15) is 9.59 Å². The van der Waals surface area contributed by atoms with Crippen molar-refractivity contribution in [1.82, 2.24) is 4.57 Å². The Morgan fingerprint density at radius 2 is 1.83 bits per heavy atom. The van der Waals surface area contributed by atoms with E-state index in [1.807, 2.05) is 0 Å². The molecule has 4 rings (SSSR count). The Labute approximate surface area is 139 Å². The molecular formula is C18H17ClN2O2. The van der Waals surface area contributed by atoms with Crippen LogP contribution in [0.15, 0.2) is 41.2 Å². The fourth-order valence-corrected chi connectivity index (χ4v) is 3.86. The van der Waals surface area contributed by atoms with Gasteiger partial charge in [0.05, 0.1) is 11.6 Å². The molecular weight excluding hydrogens is 312 g/mol. The molecule has 0 spiro atoms. The van der Waals surface area contributed by atoms with Crippen LogP contribution in [0, 0.1) is 0 Å². The number of halogens is 1. The Balaban J connectivity index is 1.80. The van der Waals surface area contributed by atoms with Crippen molar-refractivity contribution in [2.75, 3.05) is 5.32 Å². The Bertz CT molecular complexity index is 826. The molecule has 1 aromatic carbocycles. The molecule has 0 saturated heterocycles. The van der Waals surface area contributed by atoms with E-state index in [1.165, 1.54) is 6.07 Å². The van der Waals surface area contributed by atoms with Crippen LogP contribution in [-0.2, 0) is 0 Å². The summed E-state index contributed by atoms with van der Waals surface area (Å²) in [4.78, 5) is 25.2. The molecule has 1 aromatic heterocycles. The molecule has 118 valence electrons. The molecule has 23 heavy (non-hydrogen) atoms. The molecule has 0 radical (unpaired) electrons. The summed E-state index contributed by atoms with van der Waals surface area (Å²) in [5.74, 6) is 0.589. The van der Waals surface area contributed by atoms with Gasteiger partial charge in [-0.1, -0.05) is 24.4 Å². The van der Waals surface area contributed by atoms with E-state index in [-0.39, 0.29) is 23.4 Å². The van der Waals surface area contributed by atoms with Crippen molar-refractivity contribution in [3.8, 4) is 0 Å². The Kier molecular flexibility index (Phi) is 3.49. The minimum atomic E-state index is -0.0865. The molecule has 1 N–H and O–H groups in total. The monoisotopic (exact) mass is 328 g/mol. The van der Waals surface area contributed by atoms with E-state index < -0.39 is 0 Å². The van der Waals surface area contributed by atoms with Gasteiger partial charge in [0.15, 0.2) is 5.78 Å². The number of pyridine rings is 1. The highest BCUT2D eigenvalue weighted by molar-refractivity contribution is 6.30. The van der Waals surface area contributed by atoms with Gasteiger partial charge in [0.2, 0.25) is 0 Å². The van der Waals surface area contributed by atoms with Crippen molar-refractivity contribution in [1.29, 1.82) is 0 Å². The van der Waals surface area contributed by atoms with Crippen LogP contribution in [0.3, 0.4) is 0 Å². The van der Waals surface area contributed by atoms with Crippen LogP contribution in [-0.4, -0.2) is 16.4 Å². The molecule has 1 aliphatic carbocycles. The summed E-state index contributed by atoms with van der Waals surface area (Å²) in [7, 11) is 0. The van der Waals surface area contributed by atoms with Crippen LogP contribution in [0.5, 0.6) is 0 Å². The third-order valence-electron chi connectivity index (χ3n) is 4.86. The zero-order chi connectivity index (χ0) is 16.0. The number of carbonyl (C=O) groups excluding carboxylic acids is 1. The van der Waals surface area contributed by atoms with Crippen molar-refractivity contribution in [3.05, 3.63) is 62.9 Å². The van der Waals surface area contributed by atoms with Gasteiger partial charge in [-0.2, -0.15) is 0 Å². The predicted octanol–water partition coefficient (Wildman–Crippen LogP) is 3.64. The van der Waals surface area contributed by atoms with Gasteiger partial charge in [0.1, 0.15) is 5.82 Å². The second-order valence-corrected chi connectivity index (χ2v) is 6.68. The van der Waals surface area contributed by atoms with Crippen molar-refractivity contribution < 1.29 is 4.79 Å². The van der Waals surface area contributed by atoms with E-state index in [4.69, 9.17) is 11.6 Å². The molecule has 4 nitrogen and oxygen atoms in total. The van der Waals surface area contributed by atoms with E-state index in [1.54, 1.807) is 34.9 Å². The molecule has 2 heterocycles. The molecule has 0 unspecified atom stereocenters. The number of nitrogens with zero attached hydrogens (tertiary/aromatic N) is 1.